The van der Waals surface area contributed by atoms with E-state index in [2.05, 4.69) is 31.0 Å². The monoisotopic (exact) mass is 355 g/mol. The maximum absolute atomic E-state index is 12.4. The van der Waals surface area contributed by atoms with Crippen LogP contribution in [0.5, 0.6) is 0 Å². The third kappa shape index (κ3) is 3.10. The first kappa shape index (κ1) is 14.8. The van der Waals surface area contributed by atoms with Gasteiger partial charge in [-0.25, -0.2) is 8.42 Å². The van der Waals surface area contributed by atoms with E-state index in [0.29, 0.717) is 11.4 Å². The number of hydrogen-bond donors (Lipinski definition) is 2. The molecule has 0 aliphatic carbocycles. The van der Waals surface area contributed by atoms with E-state index in [1.165, 1.54) is 12.4 Å². The van der Waals surface area contributed by atoms with Gasteiger partial charge < -0.3 is 5.32 Å². The van der Waals surface area contributed by atoms with Crippen molar-refractivity contribution in [2.24, 2.45) is 0 Å². The maximum atomic E-state index is 12.4. The van der Waals surface area contributed by atoms with E-state index in [1.807, 2.05) is 13.0 Å². The van der Waals surface area contributed by atoms with Crippen molar-refractivity contribution >= 4 is 37.3 Å². The third-order valence-electron chi connectivity index (χ3n) is 2.77. The van der Waals surface area contributed by atoms with Crippen LogP contribution in [-0.4, -0.2) is 20.4 Å². The molecule has 5 nitrogen and oxygen atoms in total. The summed E-state index contributed by atoms with van der Waals surface area (Å²) in [6.07, 6.45) is 2.85. The number of benzene rings is 1. The Bertz CT molecular complexity index is 732. The Morgan fingerprint density at radius 2 is 2.00 bits per heavy atom. The van der Waals surface area contributed by atoms with Crippen LogP contribution in [0.1, 0.15) is 5.56 Å². The molecule has 0 amide bonds. The zero-order chi connectivity index (χ0) is 14.8. The molecule has 0 radical (unpaired) electrons. The van der Waals surface area contributed by atoms with Gasteiger partial charge in [-0.2, -0.15) is 0 Å². The fraction of sp³-hybridized carbons (Fsp3) is 0.154. The van der Waals surface area contributed by atoms with Crippen LogP contribution in [-0.2, 0) is 10.0 Å². The molecule has 1 aromatic carbocycles. The number of aromatic nitrogens is 1. The second-order valence-electron chi connectivity index (χ2n) is 4.19. The predicted octanol–water partition coefficient (Wildman–Crippen LogP) is 3.00. The molecule has 0 atom stereocenters. The van der Waals surface area contributed by atoms with Gasteiger partial charge in [0.1, 0.15) is 4.90 Å². The minimum atomic E-state index is -3.68. The highest BCUT2D eigenvalue weighted by atomic mass is 79.9. The summed E-state index contributed by atoms with van der Waals surface area (Å²) in [6.45, 7) is 1.93. The van der Waals surface area contributed by atoms with E-state index in [4.69, 9.17) is 0 Å². The van der Waals surface area contributed by atoms with Gasteiger partial charge in [0.2, 0.25) is 0 Å². The number of anilines is 2. The number of nitrogens with one attached hydrogen (secondary N) is 2. The Kier molecular flexibility index (Phi) is 4.29. The normalized spacial score (nSPS) is 11.2. The second-order valence-corrected chi connectivity index (χ2v) is 6.70. The van der Waals surface area contributed by atoms with Gasteiger partial charge in [0.05, 0.1) is 5.69 Å². The summed E-state index contributed by atoms with van der Waals surface area (Å²) in [5.41, 5.74) is 2.03. The fourth-order valence-corrected chi connectivity index (χ4v) is 3.25. The third-order valence-corrected chi connectivity index (χ3v) is 5.03. The highest BCUT2D eigenvalue weighted by molar-refractivity contribution is 9.10. The van der Waals surface area contributed by atoms with Crippen LogP contribution in [0, 0.1) is 6.92 Å². The van der Waals surface area contributed by atoms with Crippen molar-refractivity contribution < 1.29 is 8.42 Å². The molecule has 0 aliphatic heterocycles. The summed E-state index contributed by atoms with van der Waals surface area (Å²) in [4.78, 5) is 3.97. The fourth-order valence-electron chi connectivity index (χ4n) is 1.67. The van der Waals surface area contributed by atoms with Crippen molar-refractivity contribution in [3.05, 3.63) is 46.7 Å². The number of nitrogens with zero attached hydrogens (tertiary/aromatic N) is 1. The van der Waals surface area contributed by atoms with E-state index in [0.717, 1.165) is 10.0 Å². The van der Waals surface area contributed by atoms with Crippen LogP contribution in [0.3, 0.4) is 0 Å². The molecule has 0 saturated heterocycles. The van der Waals surface area contributed by atoms with Crippen molar-refractivity contribution in [3.8, 4) is 0 Å². The van der Waals surface area contributed by atoms with E-state index >= 15 is 0 Å². The number of pyridine rings is 1. The highest BCUT2D eigenvalue weighted by Crippen LogP contribution is 2.25. The molecular weight excluding hydrogens is 342 g/mol. The number of sulfonamides is 1. The quantitative estimate of drug-likeness (QED) is 0.884. The lowest BCUT2D eigenvalue weighted by Gasteiger charge is -2.12. The first-order valence-electron chi connectivity index (χ1n) is 5.85. The van der Waals surface area contributed by atoms with Crippen LogP contribution in [0.2, 0.25) is 0 Å². The molecule has 2 N–H and O–H groups in total. The molecule has 0 saturated carbocycles. The topological polar surface area (TPSA) is 71.1 Å². The Morgan fingerprint density at radius 3 is 2.65 bits per heavy atom. The van der Waals surface area contributed by atoms with Crippen molar-refractivity contribution in [2.75, 3.05) is 17.1 Å². The van der Waals surface area contributed by atoms with Gasteiger partial charge in [-0.05, 0) is 30.7 Å². The molecule has 0 aliphatic rings. The van der Waals surface area contributed by atoms with Crippen molar-refractivity contribution in [1.82, 2.24) is 4.98 Å². The van der Waals surface area contributed by atoms with Gasteiger partial charge in [0.25, 0.3) is 10.0 Å². The summed E-state index contributed by atoms with van der Waals surface area (Å²) < 4.78 is 28.1. The van der Waals surface area contributed by atoms with Crippen LogP contribution >= 0.6 is 15.9 Å². The van der Waals surface area contributed by atoms with E-state index in [-0.39, 0.29) is 4.90 Å². The molecular formula is C13H14BrN3O2S. The van der Waals surface area contributed by atoms with Gasteiger partial charge in [0.15, 0.2) is 0 Å². The molecule has 0 fully saturated rings. The summed E-state index contributed by atoms with van der Waals surface area (Å²) in [5, 5.41) is 2.84. The van der Waals surface area contributed by atoms with Crippen LogP contribution in [0.4, 0.5) is 11.4 Å². The molecule has 0 bridgehead atoms. The van der Waals surface area contributed by atoms with Gasteiger partial charge >= 0.3 is 0 Å². The molecule has 2 aromatic rings. The van der Waals surface area contributed by atoms with Crippen LogP contribution in [0.15, 0.2) is 46.0 Å². The van der Waals surface area contributed by atoms with Gasteiger partial charge in [-0.3, -0.25) is 9.71 Å². The maximum Gasteiger partial charge on any atom is 0.265 e. The van der Waals surface area contributed by atoms with Crippen molar-refractivity contribution in [3.63, 3.8) is 0 Å². The lowest BCUT2D eigenvalue weighted by Crippen LogP contribution is -2.15. The lowest BCUT2D eigenvalue weighted by molar-refractivity contribution is 0.601. The average Bonchev–Trinajstić information content (AvgIpc) is 2.42. The predicted molar refractivity (Wildman–Crippen MR) is 83.5 cm³/mol. The largest absolute Gasteiger partial charge is 0.387 e. The molecule has 2 rings (SSSR count). The summed E-state index contributed by atoms with van der Waals surface area (Å²) in [5.74, 6) is 0. The number of halogens is 1. The first-order chi connectivity index (χ1) is 9.44. The van der Waals surface area contributed by atoms with Crippen LogP contribution < -0.4 is 10.0 Å². The van der Waals surface area contributed by atoms with E-state index in [1.54, 1.807) is 25.2 Å². The minimum absolute atomic E-state index is 0.110. The molecule has 0 unspecified atom stereocenters. The Morgan fingerprint density at radius 1 is 1.25 bits per heavy atom. The lowest BCUT2D eigenvalue weighted by atomic mass is 10.2. The molecule has 106 valence electrons. The highest BCUT2D eigenvalue weighted by Gasteiger charge is 2.18. The zero-order valence-electron chi connectivity index (χ0n) is 11.0. The smallest absolute Gasteiger partial charge is 0.265 e. The first-order valence-corrected chi connectivity index (χ1v) is 8.12. The van der Waals surface area contributed by atoms with Crippen molar-refractivity contribution in [1.29, 1.82) is 0 Å². The SMILES string of the molecule is CNc1ccncc1S(=O)(=O)Nc1ccc(C)c(Br)c1. The summed E-state index contributed by atoms with van der Waals surface area (Å²) in [6, 6.07) is 6.89. The molecule has 1 aromatic heterocycles. The average molecular weight is 356 g/mol. The van der Waals surface area contributed by atoms with Crippen molar-refractivity contribution in [2.45, 2.75) is 11.8 Å². The van der Waals surface area contributed by atoms with Gasteiger partial charge in [-0.15, -0.1) is 0 Å². The Hall–Kier alpha value is -1.60. The van der Waals surface area contributed by atoms with E-state index in [9.17, 15) is 8.42 Å². The summed E-state index contributed by atoms with van der Waals surface area (Å²) in [7, 11) is -2.02. The minimum Gasteiger partial charge on any atom is -0.387 e. The number of aryl methyl sites for hydroxylation is 1. The number of rotatable bonds is 4. The summed E-state index contributed by atoms with van der Waals surface area (Å²) >= 11 is 3.38. The molecule has 0 spiro atoms. The number of hydrogen-bond acceptors (Lipinski definition) is 4. The van der Waals surface area contributed by atoms with E-state index < -0.39 is 10.0 Å². The van der Waals surface area contributed by atoms with Gasteiger partial charge in [0, 0.05) is 29.6 Å². The zero-order valence-corrected chi connectivity index (χ0v) is 13.4. The second kappa shape index (κ2) is 5.80. The van der Waals surface area contributed by atoms with Gasteiger partial charge in [-0.1, -0.05) is 22.0 Å². The molecule has 20 heavy (non-hydrogen) atoms. The Balaban J connectivity index is 2.38. The standard InChI is InChI=1S/C13H14BrN3O2S/c1-9-3-4-10(7-11(9)14)17-20(18,19)13-8-16-6-5-12(13)15-2/h3-8,17H,1-2H3,(H,15,16). The van der Waals surface area contributed by atoms with Crippen LogP contribution in [0.25, 0.3) is 0 Å². The molecule has 7 heteroatoms. The molecule has 1 heterocycles. The Labute approximate surface area is 126 Å².